The summed E-state index contributed by atoms with van der Waals surface area (Å²) in [6.45, 7) is 6.65. The minimum Gasteiger partial charge on any atom is -0.0654 e. The Morgan fingerprint density at radius 1 is 0.842 bits per heavy atom. The van der Waals surface area contributed by atoms with Gasteiger partial charge in [0.15, 0.2) is 0 Å². The van der Waals surface area contributed by atoms with Gasteiger partial charge in [-0.1, -0.05) is 73.0 Å². The van der Waals surface area contributed by atoms with Crippen LogP contribution in [0.15, 0.2) is 48.5 Å². The molecule has 2 rings (SSSR count). The van der Waals surface area contributed by atoms with E-state index >= 15 is 0 Å². The molecule has 0 aromatic heterocycles. The molecule has 0 nitrogen and oxygen atoms in total. The van der Waals surface area contributed by atoms with E-state index in [4.69, 9.17) is 0 Å². The van der Waals surface area contributed by atoms with Gasteiger partial charge in [0.2, 0.25) is 0 Å². The van der Waals surface area contributed by atoms with Crippen molar-refractivity contribution < 1.29 is 0 Å². The zero-order chi connectivity index (χ0) is 13.7. The standard InChI is InChI=1S/C18H23P/c1-4-5-12-19(17-10-6-8-15(2)13-17)18-11-7-9-16(3)14-18/h6-11,13-14H,4-5,12H2,1-3H3. The smallest absolute Gasteiger partial charge is 0.0193 e. The summed E-state index contributed by atoms with van der Waals surface area (Å²) in [6.07, 6.45) is 3.89. The van der Waals surface area contributed by atoms with Crippen LogP contribution < -0.4 is 10.6 Å². The number of unbranched alkanes of at least 4 members (excludes halogenated alkanes) is 1. The van der Waals surface area contributed by atoms with E-state index in [1.165, 1.54) is 40.7 Å². The molecule has 0 atom stereocenters. The Hall–Kier alpha value is -1.13. The molecule has 0 spiro atoms. The number of benzene rings is 2. The van der Waals surface area contributed by atoms with Crippen LogP contribution in [-0.2, 0) is 0 Å². The van der Waals surface area contributed by atoms with Gasteiger partial charge >= 0.3 is 0 Å². The summed E-state index contributed by atoms with van der Waals surface area (Å²) < 4.78 is 0. The van der Waals surface area contributed by atoms with Crippen LogP contribution >= 0.6 is 7.92 Å². The number of hydrogen-bond donors (Lipinski definition) is 0. The van der Waals surface area contributed by atoms with E-state index in [2.05, 4.69) is 69.3 Å². The summed E-state index contributed by atoms with van der Waals surface area (Å²) in [6, 6.07) is 18.1. The van der Waals surface area contributed by atoms with E-state index in [9.17, 15) is 0 Å². The van der Waals surface area contributed by atoms with E-state index in [-0.39, 0.29) is 7.92 Å². The van der Waals surface area contributed by atoms with Gasteiger partial charge < -0.3 is 0 Å². The first kappa shape index (κ1) is 14.3. The predicted molar refractivity (Wildman–Crippen MR) is 88.3 cm³/mol. The van der Waals surface area contributed by atoms with Crippen LogP contribution in [0.3, 0.4) is 0 Å². The summed E-state index contributed by atoms with van der Waals surface area (Å²) in [5.74, 6) is 0. The summed E-state index contributed by atoms with van der Waals surface area (Å²) in [4.78, 5) is 0. The molecular formula is C18H23P. The van der Waals surface area contributed by atoms with Gasteiger partial charge in [-0.15, -0.1) is 0 Å². The fraction of sp³-hybridized carbons (Fsp3) is 0.333. The SMILES string of the molecule is CCCCP(c1cccc(C)c1)c1cccc(C)c1. The second-order valence-electron chi connectivity index (χ2n) is 5.18. The van der Waals surface area contributed by atoms with Crippen LogP contribution in [0.4, 0.5) is 0 Å². The summed E-state index contributed by atoms with van der Waals surface area (Å²) in [5, 5.41) is 3.04. The lowest BCUT2D eigenvalue weighted by atomic mass is 10.2. The molecule has 0 aliphatic rings. The molecule has 0 saturated carbocycles. The lowest BCUT2D eigenvalue weighted by Crippen LogP contribution is -2.14. The number of rotatable bonds is 5. The van der Waals surface area contributed by atoms with Gasteiger partial charge in [-0.2, -0.15) is 0 Å². The molecule has 0 amide bonds. The molecule has 0 saturated heterocycles. The highest BCUT2D eigenvalue weighted by molar-refractivity contribution is 7.73. The minimum atomic E-state index is -0.189. The second kappa shape index (κ2) is 6.87. The molecule has 0 radical (unpaired) electrons. The van der Waals surface area contributed by atoms with Crippen molar-refractivity contribution >= 4 is 18.5 Å². The van der Waals surface area contributed by atoms with Crippen LogP contribution in [-0.4, -0.2) is 6.16 Å². The Labute approximate surface area is 118 Å². The zero-order valence-corrected chi connectivity index (χ0v) is 13.1. The van der Waals surface area contributed by atoms with Gasteiger partial charge in [-0.25, -0.2) is 0 Å². The van der Waals surface area contributed by atoms with Gasteiger partial charge in [0.25, 0.3) is 0 Å². The maximum absolute atomic E-state index is 2.36. The highest BCUT2D eigenvalue weighted by atomic mass is 31.1. The monoisotopic (exact) mass is 270 g/mol. The first-order valence-corrected chi connectivity index (χ1v) is 8.64. The molecule has 1 heteroatoms. The van der Waals surface area contributed by atoms with Crippen molar-refractivity contribution in [2.45, 2.75) is 33.6 Å². The molecule has 100 valence electrons. The van der Waals surface area contributed by atoms with Crippen molar-refractivity contribution in [3.05, 3.63) is 59.7 Å². The lowest BCUT2D eigenvalue weighted by molar-refractivity contribution is 0.893. The first-order chi connectivity index (χ1) is 9.20. The van der Waals surface area contributed by atoms with Crippen molar-refractivity contribution in [1.29, 1.82) is 0 Å². The Bertz CT molecular complexity index is 485. The number of hydrogen-bond acceptors (Lipinski definition) is 0. The molecule has 0 N–H and O–H groups in total. The maximum atomic E-state index is 2.36. The fourth-order valence-corrected chi connectivity index (χ4v) is 5.01. The van der Waals surface area contributed by atoms with Crippen molar-refractivity contribution in [3.63, 3.8) is 0 Å². The molecule has 0 bridgehead atoms. The normalized spacial score (nSPS) is 10.9. The third-order valence-corrected chi connectivity index (χ3v) is 5.93. The van der Waals surface area contributed by atoms with Crippen molar-refractivity contribution in [2.75, 3.05) is 6.16 Å². The Morgan fingerprint density at radius 3 is 1.79 bits per heavy atom. The minimum absolute atomic E-state index is 0.189. The Morgan fingerprint density at radius 2 is 1.37 bits per heavy atom. The van der Waals surface area contributed by atoms with Gasteiger partial charge in [-0.3, -0.25) is 0 Å². The largest absolute Gasteiger partial charge is 0.0654 e. The molecule has 0 unspecified atom stereocenters. The van der Waals surface area contributed by atoms with Crippen LogP contribution in [0.25, 0.3) is 0 Å². The van der Waals surface area contributed by atoms with E-state index in [0.29, 0.717) is 0 Å². The molecule has 0 fully saturated rings. The lowest BCUT2D eigenvalue weighted by Gasteiger charge is -2.19. The van der Waals surface area contributed by atoms with Crippen molar-refractivity contribution in [1.82, 2.24) is 0 Å². The summed E-state index contributed by atoms with van der Waals surface area (Å²) >= 11 is 0. The van der Waals surface area contributed by atoms with E-state index in [1.54, 1.807) is 0 Å². The molecular weight excluding hydrogens is 247 g/mol. The molecule has 0 aliphatic carbocycles. The molecule has 2 aromatic carbocycles. The molecule has 0 aliphatic heterocycles. The third kappa shape index (κ3) is 3.91. The van der Waals surface area contributed by atoms with Crippen molar-refractivity contribution in [2.24, 2.45) is 0 Å². The third-order valence-electron chi connectivity index (χ3n) is 3.36. The maximum Gasteiger partial charge on any atom is -0.0193 e. The number of aryl methyl sites for hydroxylation is 2. The van der Waals surface area contributed by atoms with E-state index < -0.39 is 0 Å². The molecule has 2 aromatic rings. The van der Waals surface area contributed by atoms with Crippen LogP contribution in [0.5, 0.6) is 0 Å². The van der Waals surface area contributed by atoms with Crippen LogP contribution in [0.1, 0.15) is 30.9 Å². The zero-order valence-electron chi connectivity index (χ0n) is 12.2. The molecule has 19 heavy (non-hydrogen) atoms. The first-order valence-electron chi connectivity index (χ1n) is 7.11. The summed E-state index contributed by atoms with van der Waals surface area (Å²) in [5.41, 5.74) is 2.74. The Balaban J connectivity index is 2.35. The Kier molecular flexibility index (Phi) is 5.16. The van der Waals surface area contributed by atoms with E-state index in [1.807, 2.05) is 0 Å². The molecule has 0 heterocycles. The van der Waals surface area contributed by atoms with Crippen LogP contribution in [0.2, 0.25) is 0 Å². The van der Waals surface area contributed by atoms with Gasteiger partial charge in [0, 0.05) is 0 Å². The average Bonchev–Trinajstić information content (AvgIpc) is 2.39. The fourth-order valence-electron chi connectivity index (χ4n) is 2.32. The van der Waals surface area contributed by atoms with Crippen LogP contribution in [0, 0.1) is 13.8 Å². The average molecular weight is 270 g/mol. The summed E-state index contributed by atoms with van der Waals surface area (Å²) in [7, 11) is -0.189. The van der Waals surface area contributed by atoms with E-state index in [0.717, 1.165) is 0 Å². The van der Waals surface area contributed by atoms with Gasteiger partial charge in [-0.05, 0) is 45.0 Å². The second-order valence-corrected chi connectivity index (χ2v) is 7.52. The highest BCUT2D eigenvalue weighted by Crippen LogP contribution is 2.35. The van der Waals surface area contributed by atoms with Gasteiger partial charge in [0.05, 0.1) is 0 Å². The topological polar surface area (TPSA) is 0 Å². The predicted octanol–water partition coefficient (Wildman–Crippen LogP) is 4.54. The van der Waals surface area contributed by atoms with Gasteiger partial charge in [0.1, 0.15) is 0 Å². The quantitative estimate of drug-likeness (QED) is 0.700. The highest BCUT2D eigenvalue weighted by Gasteiger charge is 2.13. The van der Waals surface area contributed by atoms with Crippen molar-refractivity contribution in [3.8, 4) is 0 Å².